The number of nitrogens with one attached hydrogen (secondary N) is 2. The first-order chi connectivity index (χ1) is 13.5. The molecule has 8 heteroatoms. The number of hydrogen-bond donors (Lipinski definition) is 2. The Labute approximate surface area is 194 Å². The van der Waals surface area contributed by atoms with Gasteiger partial charge in [0, 0.05) is 52.2 Å². The van der Waals surface area contributed by atoms with Gasteiger partial charge >= 0.3 is 0 Å². The van der Waals surface area contributed by atoms with Crippen molar-refractivity contribution in [1.82, 2.24) is 20.4 Å². The van der Waals surface area contributed by atoms with Crippen molar-refractivity contribution in [2.24, 2.45) is 16.8 Å². The topological polar surface area (TPSA) is 69.2 Å². The Balaban J connectivity index is 0.00000420. The Morgan fingerprint density at radius 2 is 2.03 bits per heavy atom. The molecular formula is C21H42IN5O2. The molecule has 2 heterocycles. The number of guanidine groups is 1. The number of amides is 1. The maximum absolute atomic E-state index is 12.4. The van der Waals surface area contributed by atoms with Gasteiger partial charge in [0.2, 0.25) is 5.91 Å². The zero-order chi connectivity index (χ0) is 20.4. The highest BCUT2D eigenvalue weighted by molar-refractivity contribution is 14.0. The lowest BCUT2D eigenvalue weighted by Gasteiger charge is -2.33. The molecule has 0 saturated carbocycles. The Morgan fingerprint density at radius 1 is 1.24 bits per heavy atom. The summed E-state index contributed by atoms with van der Waals surface area (Å²) in [5, 5.41) is 6.58. The van der Waals surface area contributed by atoms with E-state index in [1.54, 1.807) is 0 Å². The number of aliphatic imine (C=N–C) groups is 1. The van der Waals surface area contributed by atoms with E-state index in [0.29, 0.717) is 31.3 Å². The molecule has 0 aromatic rings. The molecule has 2 fully saturated rings. The van der Waals surface area contributed by atoms with Crippen LogP contribution in [0.25, 0.3) is 0 Å². The lowest BCUT2D eigenvalue weighted by atomic mass is 10.00. The van der Waals surface area contributed by atoms with E-state index in [-0.39, 0.29) is 36.0 Å². The average Bonchev–Trinajstić information content (AvgIpc) is 2.66. The molecule has 1 amide bonds. The van der Waals surface area contributed by atoms with Crippen LogP contribution in [0.2, 0.25) is 0 Å². The number of carbonyl (C=O) groups excluding carboxylic acids is 1. The van der Waals surface area contributed by atoms with Crippen molar-refractivity contribution >= 4 is 35.8 Å². The second-order valence-electron chi connectivity index (χ2n) is 8.63. The lowest BCUT2D eigenvalue weighted by Crippen LogP contribution is -2.46. The molecule has 2 rings (SSSR count). The highest BCUT2D eigenvalue weighted by Gasteiger charge is 2.22. The number of likely N-dealkylation sites (tertiary alicyclic amines) is 1. The molecule has 170 valence electrons. The van der Waals surface area contributed by atoms with Gasteiger partial charge in [-0.1, -0.05) is 20.8 Å². The Hall–Kier alpha value is -0.610. The fourth-order valence-electron chi connectivity index (χ4n) is 3.97. The van der Waals surface area contributed by atoms with E-state index < -0.39 is 0 Å². The van der Waals surface area contributed by atoms with Gasteiger partial charge in [-0.05, 0) is 31.6 Å². The van der Waals surface area contributed by atoms with E-state index in [2.05, 4.69) is 43.2 Å². The smallest absolute Gasteiger partial charge is 0.224 e. The molecule has 0 aromatic heterocycles. The van der Waals surface area contributed by atoms with Crippen molar-refractivity contribution in [3.63, 3.8) is 0 Å². The summed E-state index contributed by atoms with van der Waals surface area (Å²) in [5.41, 5.74) is 0. The molecule has 0 aromatic carbocycles. The van der Waals surface area contributed by atoms with Gasteiger partial charge in [0.25, 0.3) is 0 Å². The monoisotopic (exact) mass is 523 g/mol. The van der Waals surface area contributed by atoms with Crippen LogP contribution < -0.4 is 10.6 Å². The van der Waals surface area contributed by atoms with E-state index in [1.807, 2.05) is 4.90 Å². The molecule has 0 radical (unpaired) electrons. The van der Waals surface area contributed by atoms with E-state index >= 15 is 0 Å². The standard InChI is InChI=1S/C21H41N5O2.HI/c1-5-22-21(23-9-8-20(27)26-10-6-7-18(4)15-26)24-13-19-16-25(11-12-28-19)14-17(2)3;/h17-19H,5-16H2,1-4H3,(H2,22,23,24);1H. The third-order valence-corrected chi connectivity index (χ3v) is 5.28. The van der Waals surface area contributed by atoms with Gasteiger partial charge in [0.1, 0.15) is 0 Å². The zero-order valence-corrected chi connectivity index (χ0v) is 21.1. The van der Waals surface area contributed by atoms with Crippen LogP contribution in [0.4, 0.5) is 0 Å². The molecular weight excluding hydrogens is 481 g/mol. The van der Waals surface area contributed by atoms with E-state index in [0.717, 1.165) is 58.3 Å². The molecule has 0 bridgehead atoms. The highest BCUT2D eigenvalue weighted by Crippen LogP contribution is 2.15. The summed E-state index contributed by atoms with van der Waals surface area (Å²) < 4.78 is 5.89. The maximum atomic E-state index is 12.4. The minimum atomic E-state index is 0. The third-order valence-electron chi connectivity index (χ3n) is 5.28. The number of carbonyl (C=O) groups is 1. The SMILES string of the molecule is CCNC(=NCC1CN(CC(C)C)CCO1)NCCC(=O)N1CCCC(C)C1.I. The molecule has 2 N–H and O–H groups in total. The fraction of sp³-hybridized carbons (Fsp3) is 0.905. The number of morpholine rings is 1. The van der Waals surface area contributed by atoms with Gasteiger partial charge in [0.15, 0.2) is 5.96 Å². The summed E-state index contributed by atoms with van der Waals surface area (Å²) in [6, 6.07) is 0. The normalized spacial score (nSPS) is 23.6. The summed E-state index contributed by atoms with van der Waals surface area (Å²) in [4.78, 5) is 21.6. The predicted octanol–water partition coefficient (Wildman–Crippen LogP) is 2.16. The van der Waals surface area contributed by atoms with Crippen molar-refractivity contribution in [3.8, 4) is 0 Å². The Kier molecular flexibility index (Phi) is 13.1. The predicted molar refractivity (Wildman–Crippen MR) is 130 cm³/mol. The van der Waals surface area contributed by atoms with E-state index in [1.165, 1.54) is 6.42 Å². The van der Waals surface area contributed by atoms with E-state index in [4.69, 9.17) is 9.73 Å². The summed E-state index contributed by atoms with van der Waals surface area (Å²) >= 11 is 0. The van der Waals surface area contributed by atoms with Gasteiger partial charge in [-0.3, -0.25) is 14.7 Å². The third kappa shape index (κ3) is 10.3. The van der Waals surface area contributed by atoms with Crippen LogP contribution in [0.5, 0.6) is 0 Å². The number of hydrogen-bond acceptors (Lipinski definition) is 4. The lowest BCUT2D eigenvalue weighted by molar-refractivity contribution is -0.132. The number of ether oxygens (including phenoxy) is 1. The summed E-state index contributed by atoms with van der Waals surface area (Å²) in [6.45, 7) is 16.5. The molecule has 29 heavy (non-hydrogen) atoms. The van der Waals surface area contributed by atoms with Crippen molar-refractivity contribution < 1.29 is 9.53 Å². The van der Waals surface area contributed by atoms with Crippen LogP contribution in [0, 0.1) is 11.8 Å². The molecule has 2 atom stereocenters. The number of halogens is 1. The van der Waals surface area contributed by atoms with Gasteiger partial charge in [-0.2, -0.15) is 0 Å². The molecule has 7 nitrogen and oxygen atoms in total. The van der Waals surface area contributed by atoms with E-state index in [9.17, 15) is 4.79 Å². The number of piperidine rings is 1. The van der Waals surface area contributed by atoms with Crippen molar-refractivity contribution in [3.05, 3.63) is 0 Å². The largest absolute Gasteiger partial charge is 0.374 e. The first-order valence-corrected chi connectivity index (χ1v) is 11.1. The first-order valence-electron chi connectivity index (χ1n) is 11.1. The van der Waals surface area contributed by atoms with Gasteiger partial charge in [0.05, 0.1) is 19.3 Å². The van der Waals surface area contributed by atoms with Crippen LogP contribution >= 0.6 is 24.0 Å². The minimum Gasteiger partial charge on any atom is -0.374 e. The molecule has 2 aliphatic heterocycles. The second kappa shape index (κ2) is 14.4. The van der Waals surface area contributed by atoms with Crippen LogP contribution in [0.1, 0.15) is 47.0 Å². The Morgan fingerprint density at radius 3 is 2.72 bits per heavy atom. The summed E-state index contributed by atoms with van der Waals surface area (Å²) in [5.74, 6) is 2.30. The van der Waals surface area contributed by atoms with Gasteiger partial charge < -0.3 is 20.3 Å². The van der Waals surface area contributed by atoms with Gasteiger partial charge in [-0.25, -0.2) is 0 Å². The summed E-state index contributed by atoms with van der Waals surface area (Å²) in [7, 11) is 0. The Bertz CT molecular complexity index is 503. The van der Waals surface area contributed by atoms with Crippen molar-refractivity contribution in [1.29, 1.82) is 0 Å². The van der Waals surface area contributed by atoms with Crippen LogP contribution in [-0.2, 0) is 9.53 Å². The fourth-order valence-corrected chi connectivity index (χ4v) is 3.97. The summed E-state index contributed by atoms with van der Waals surface area (Å²) in [6.07, 6.45) is 3.01. The van der Waals surface area contributed by atoms with Crippen molar-refractivity contribution in [2.75, 3.05) is 59.0 Å². The molecule has 0 aliphatic carbocycles. The van der Waals surface area contributed by atoms with Gasteiger partial charge in [-0.15, -0.1) is 24.0 Å². The number of rotatable bonds is 8. The molecule has 0 spiro atoms. The molecule has 2 saturated heterocycles. The van der Waals surface area contributed by atoms with Crippen LogP contribution in [0.3, 0.4) is 0 Å². The highest BCUT2D eigenvalue weighted by atomic mass is 127. The average molecular weight is 524 g/mol. The zero-order valence-electron chi connectivity index (χ0n) is 18.8. The van der Waals surface area contributed by atoms with Crippen molar-refractivity contribution in [2.45, 2.75) is 53.1 Å². The van der Waals surface area contributed by atoms with Crippen LogP contribution in [0.15, 0.2) is 4.99 Å². The first kappa shape index (κ1) is 26.4. The minimum absolute atomic E-state index is 0. The number of nitrogens with zero attached hydrogens (tertiary/aromatic N) is 3. The molecule has 2 unspecified atom stereocenters. The quantitative estimate of drug-likeness (QED) is 0.290. The second-order valence-corrected chi connectivity index (χ2v) is 8.63. The van der Waals surface area contributed by atoms with Crippen LogP contribution in [-0.4, -0.2) is 86.7 Å². The molecule has 2 aliphatic rings. The maximum Gasteiger partial charge on any atom is 0.224 e.